The minimum atomic E-state index is -0.917. The predicted octanol–water partition coefficient (Wildman–Crippen LogP) is 4.47. The van der Waals surface area contributed by atoms with E-state index in [-0.39, 0.29) is 18.4 Å². The number of nitrogens with zero attached hydrogens (tertiary/aromatic N) is 5. The van der Waals surface area contributed by atoms with E-state index in [4.69, 9.17) is 0 Å². The molecule has 0 saturated carbocycles. The summed E-state index contributed by atoms with van der Waals surface area (Å²) in [5.41, 5.74) is 3.29. The van der Waals surface area contributed by atoms with Gasteiger partial charge in [0.1, 0.15) is 18.1 Å². The van der Waals surface area contributed by atoms with Crippen molar-refractivity contribution in [3.8, 4) is 0 Å². The molecule has 2 aromatic carbocycles. The van der Waals surface area contributed by atoms with Gasteiger partial charge in [-0.25, -0.2) is 4.68 Å². The van der Waals surface area contributed by atoms with Crippen LogP contribution in [0.5, 0.6) is 0 Å². The maximum atomic E-state index is 14.1. The van der Waals surface area contributed by atoms with Crippen molar-refractivity contribution in [1.29, 1.82) is 0 Å². The van der Waals surface area contributed by atoms with E-state index >= 15 is 0 Å². The highest BCUT2D eigenvalue weighted by Gasteiger charge is 2.36. The molecule has 8 nitrogen and oxygen atoms in total. The van der Waals surface area contributed by atoms with Crippen molar-refractivity contribution in [2.75, 3.05) is 4.90 Å². The summed E-state index contributed by atoms with van der Waals surface area (Å²) in [5, 5.41) is 11.5. The molecular formula is C28H32N6O2. The van der Waals surface area contributed by atoms with E-state index in [0.29, 0.717) is 23.2 Å². The number of anilines is 1. The molecule has 4 rings (SSSR count). The maximum Gasteiger partial charge on any atom is 0.249 e. The quantitative estimate of drug-likeness (QED) is 0.378. The second-order valence-corrected chi connectivity index (χ2v) is 9.40. The van der Waals surface area contributed by atoms with Crippen LogP contribution in [0, 0.1) is 0 Å². The van der Waals surface area contributed by atoms with Crippen molar-refractivity contribution in [1.82, 2.24) is 25.3 Å². The molecule has 8 heteroatoms. The number of carbonyl (C=O) groups is 2. The minimum Gasteiger partial charge on any atom is -0.349 e. The molecule has 2 aromatic heterocycles. The molecule has 1 N–H and O–H groups in total. The number of hydrogen-bond acceptors (Lipinski definition) is 5. The molecule has 0 saturated heterocycles. The smallest absolute Gasteiger partial charge is 0.249 e. The van der Waals surface area contributed by atoms with Gasteiger partial charge in [-0.05, 0) is 56.5 Å². The first kappa shape index (κ1) is 25.0. The third-order valence-electron chi connectivity index (χ3n) is 6.46. The normalized spacial score (nSPS) is 12.3. The Kier molecular flexibility index (Phi) is 7.43. The number of carbonyl (C=O) groups excluding carboxylic acids is 2. The fraction of sp³-hybridized carbons (Fsp3) is 0.321. The Morgan fingerprint density at radius 1 is 1.03 bits per heavy atom. The molecule has 0 aliphatic rings. The topological polar surface area (TPSA) is 93.0 Å². The standard InChI is InChI=1S/C28H32N6O2/c1-5-20-12-7-9-15-23(20)34(25(35)19-33-24-16-10-8-14-22(24)31-32-33)26(21-13-11-17-29-18-21)27(36)30-28(3,4)6-2/h7-18,26H,5-6,19H2,1-4H3,(H,30,36). The van der Waals surface area contributed by atoms with Crippen LogP contribution in [0.15, 0.2) is 73.1 Å². The van der Waals surface area contributed by atoms with E-state index in [0.717, 1.165) is 17.5 Å². The van der Waals surface area contributed by atoms with Crippen LogP contribution in [0.4, 0.5) is 5.69 Å². The van der Waals surface area contributed by atoms with Crippen LogP contribution in [-0.2, 0) is 22.6 Å². The molecule has 1 atom stereocenters. The fourth-order valence-electron chi connectivity index (χ4n) is 4.15. The number of nitrogens with one attached hydrogen (secondary N) is 1. The zero-order valence-electron chi connectivity index (χ0n) is 21.2. The molecule has 36 heavy (non-hydrogen) atoms. The average molecular weight is 485 g/mol. The number of amides is 2. The molecule has 186 valence electrons. The van der Waals surface area contributed by atoms with E-state index in [1.54, 1.807) is 28.0 Å². The monoisotopic (exact) mass is 484 g/mol. The summed E-state index contributed by atoms with van der Waals surface area (Å²) in [4.78, 5) is 33.8. The van der Waals surface area contributed by atoms with Gasteiger partial charge in [-0.3, -0.25) is 19.5 Å². The van der Waals surface area contributed by atoms with Gasteiger partial charge in [0, 0.05) is 29.2 Å². The van der Waals surface area contributed by atoms with Gasteiger partial charge in [0.15, 0.2) is 0 Å². The summed E-state index contributed by atoms with van der Waals surface area (Å²) in [6.45, 7) is 7.92. The zero-order valence-corrected chi connectivity index (χ0v) is 21.2. The predicted molar refractivity (Wildman–Crippen MR) is 140 cm³/mol. The van der Waals surface area contributed by atoms with E-state index in [1.165, 1.54) is 0 Å². The van der Waals surface area contributed by atoms with Crippen LogP contribution in [0.3, 0.4) is 0 Å². The van der Waals surface area contributed by atoms with E-state index in [1.807, 2.05) is 82.3 Å². The first-order valence-electron chi connectivity index (χ1n) is 12.2. The van der Waals surface area contributed by atoms with Gasteiger partial charge in [0.25, 0.3) is 0 Å². The molecule has 0 spiro atoms. The molecule has 0 bridgehead atoms. The molecule has 2 heterocycles. The first-order chi connectivity index (χ1) is 17.3. The average Bonchev–Trinajstić information content (AvgIpc) is 3.30. The van der Waals surface area contributed by atoms with Gasteiger partial charge in [-0.15, -0.1) is 5.10 Å². The van der Waals surface area contributed by atoms with Gasteiger partial charge < -0.3 is 5.32 Å². The first-order valence-corrected chi connectivity index (χ1v) is 12.2. The largest absolute Gasteiger partial charge is 0.349 e. The van der Waals surface area contributed by atoms with E-state index < -0.39 is 11.6 Å². The third-order valence-corrected chi connectivity index (χ3v) is 6.46. The number of aryl methyl sites for hydroxylation is 1. The van der Waals surface area contributed by atoms with Crippen molar-refractivity contribution in [3.63, 3.8) is 0 Å². The van der Waals surface area contributed by atoms with E-state index in [9.17, 15) is 9.59 Å². The SMILES string of the molecule is CCc1ccccc1N(C(=O)Cn1nnc2ccccc21)C(C(=O)NC(C)(C)CC)c1cccnc1. The summed E-state index contributed by atoms with van der Waals surface area (Å²) in [7, 11) is 0. The van der Waals surface area contributed by atoms with Gasteiger partial charge in [0.05, 0.1) is 5.52 Å². The van der Waals surface area contributed by atoms with Crippen molar-refractivity contribution in [2.24, 2.45) is 0 Å². The van der Waals surface area contributed by atoms with Crippen molar-refractivity contribution in [2.45, 2.75) is 58.7 Å². The van der Waals surface area contributed by atoms with Crippen LogP contribution in [0.2, 0.25) is 0 Å². The third kappa shape index (κ3) is 5.27. The molecule has 2 amide bonds. The molecule has 0 radical (unpaired) electrons. The van der Waals surface area contributed by atoms with E-state index in [2.05, 4.69) is 20.6 Å². The molecule has 1 unspecified atom stereocenters. The number of aromatic nitrogens is 4. The minimum absolute atomic E-state index is 0.0697. The number of rotatable bonds is 9. The highest BCUT2D eigenvalue weighted by atomic mass is 16.2. The summed E-state index contributed by atoms with van der Waals surface area (Å²) >= 11 is 0. The van der Waals surface area contributed by atoms with Crippen molar-refractivity contribution < 1.29 is 9.59 Å². The lowest BCUT2D eigenvalue weighted by molar-refractivity contribution is -0.128. The Balaban J connectivity index is 1.84. The second-order valence-electron chi connectivity index (χ2n) is 9.40. The fourth-order valence-corrected chi connectivity index (χ4v) is 4.15. The highest BCUT2D eigenvalue weighted by molar-refractivity contribution is 6.02. The molecule has 4 aromatic rings. The lowest BCUT2D eigenvalue weighted by atomic mass is 9.98. The van der Waals surface area contributed by atoms with Crippen LogP contribution >= 0.6 is 0 Å². The summed E-state index contributed by atoms with van der Waals surface area (Å²) < 4.78 is 1.58. The second kappa shape index (κ2) is 10.7. The van der Waals surface area contributed by atoms with Crippen LogP contribution < -0.4 is 10.2 Å². The number of benzene rings is 2. The Hall–Kier alpha value is -4.07. The van der Waals surface area contributed by atoms with Gasteiger partial charge in [0.2, 0.25) is 11.8 Å². The molecule has 0 aliphatic carbocycles. The van der Waals surface area contributed by atoms with Crippen molar-refractivity contribution in [3.05, 3.63) is 84.2 Å². The summed E-state index contributed by atoms with van der Waals surface area (Å²) in [6.07, 6.45) is 4.74. The maximum absolute atomic E-state index is 14.1. The number of pyridine rings is 1. The van der Waals surface area contributed by atoms with Gasteiger partial charge >= 0.3 is 0 Å². The molecule has 0 aliphatic heterocycles. The zero-order chi connectivity index (χ0) is 25.7. The number of fused-ring (bicyclic) bond motifs is 1. The Labute approximate surface area is 211 Å². The van der Waals surface area contributed by atoms with Crippen LogP contribution in [0.25, 0.3) is 11.0 Å². The van der Waals surface area contributed by atoms with Crippen LogP contribution in [-0.4, -0.2) is 37.3 Å². The van der Waals surface area contributed by atoms with Crippen LogP contribution in [0.1, 0.15) is 51.3 Å². The highest BCUT2D eigenvalue weighted by Crippen LogP contribution is 2.32. The number of para-hydroxylation sites is 2. The lowest BCUT2D eigenvalue weighted by Crippen LogP contribution is -2.51. The Morgan fingerprint density at radius 2 is 1.78 bits per heavy atom. The molecule has 0 fully saturated rings. The van der Waals surface area contributed by atoms with Gasteiger partial charge in [-0.2, -0.15) is 0 Å². The lowest BCUT2D eigenvalue weighted by Gasteiger charge is -2.35. The Morgan fingerprint density at radius 3 is 2.50 bits per heavy atom. The summed E-state index contributed by atoms with van der Waals surface area (Å²) in [6, 6.07) is 17.9. The molecular weight excluding hydrogens is 452 g/mol. The van der Waals surface area contributed by atoms with Gasteiger partial charge in [-0.1, -0.05) is 55.5 Å². The number of hydrogen-bond donors (Lipinski definition) is 1. The Bertz CT molecular complexity index is 1350. The van der Waals surface area contributed by atoms with Crippen molar-refractivity contribution >= 4 is 28.5 Å². The summed E-state index contributed by atoms with van der Waals surface area (Å²) in [5.74, 6) is -0.539.